The lowest BCUT2D eigenvalue weighted by Crippen LogP contribution is -2.20. The van der Waals surface area contributed by atoms with Gasteiger partial charge in [-0.05, 0) is 36.7 Å². The number of rotatable bonds is 6. The van der Waals surface area contributed by atoms with Crippen LogP contribution in [-0.2, 0) is 13.1 Å². The minimum atomic E-state index is 0.685. The van der Waals surface area contributed by atoms with Crippen LogP contribution in [-0.4, -0.2) is 11.1 Å². The molecule has 98 valence electrons. The molecule has 18 heavy (non-hydrogen) atoms. The molecule has 2 heterocycles. The summed E-state index contributed by atoms with van der Waals surface area (Å²) in [6, 6.07) is 8.32. The molecule has 0 amide bonds. The van der Waals surface area contributed by atoms with Crippen molar-refractivity contribution in [2.24, 2.45) is 5.92 Å². The Morgan fingerprint density at radius 3 is 2.83 bits per heavy atom. The Balaban J connectivity index is 1.95. The van der Waals surface area contributed by atoms with Crippen molar-refractivity contribution in [3.05, 3.63) is 45.4 Å². The van der Waals surface area contributed by atoms with Crippen LogP contribution in [0, 0.1) is 5.92 Å². The minimum absolute atomic E-state index is 0.685. The molecule has 0 aliphatic carbocycles. The van der Waals surface area contributed by atoms with Gasteiger partial charge in [-0.3, -0.25) is 0 Å². The van der Waals surface area contributed by atoms with E-state index in [1.807, 2.05) is 6.07 Å². The monoisotopic (exact) mass is 282 g/mol. The van der Waals surface area contributed by atoms with Crippen molar-refractivity contribution in [3.63, 3.8) is 0 Å². The summed E-state index contributed by atoms with van der Waals surface area (Å²) in [5.74, 6) is 0.685. The maximum atomic E-state index is 5.96. The van der Waals surface area contributed by atoms with E-state index in [9.17, 15) is 0 Å². The SMILES string of the molecule is CC(C)CNCc1cccn1Cc1ccc(Cl)s1. The van der Waals surface area contributed by atoms with E-state index in [0.717, 1.165) is 24.0 Å². The van der Waals surface area contributed by atoms with Crippen molar-refractivity contribution in [2.45, 2.75) is 26.9 Å². The standard InChI is InChI=1S/C14H19ClN2S/c1-11(2)8-16-9-12-4-3-7-17(12)10-13-5-6-14(15)18-13/h3-7,11,16H,8-10H2,1-2H3. The third-order valence-corrected chi connectivity index (χ3v) is 3.95. The molecule has 0 fully saturated rings. The van der Waals surface area contributed by atoms with E-state index in [0.29, 0.717) is 5.92 Å². The highest BCUT2D eigenvalue weighted by Crippen LogP contribution is 2.22. The van der Waals surface area contributed by atoms with E-state index >= 15 is 0 Å². The quantitative estimate of drug-likeness (QED) is 0.847. The lowest BCUT2D eigenvalue weighted by Gasteiger charge is -2.10. The average Bonchev–Trinajstić information content (AvgIpc) is 2.89. The molecule has 0 aromatic carbocycles. The molecule has 0 unspecified atom stereocenters. The average molecular weight is 283 g/mol. The van der Waals surface area contributed by atoms with Gasteiger partial charge in [-0.2, -0.15) is 0 Å². The molecule has 0 atom stereocenters. The Kier molecular flexibility index (Phi) is 4.87. The zero-order valence-electron chi connectivity index (χ0n) is 10.8. The van der Waals surface area contributed by atoms with Gasteiger partial charge < -0.3 is 9.88 Å². The first-order chi connectivity index (χ1) is 8.65. The van der Waals surface area contributed by atoms with Crippen LogP contribution in [0.4, 0.5) is 0 Å². The van der Waals surface area contributed by atoms with Gasteiger partial charge in [-0.25, -0.2) is 0 Å². The Morgan fingerprint density at radius 2 is 2.17 bits per heavy atom. The topological polar surface area (TPSA) is 17.0 Å². The van der Waals surface area contributed by atoms with Crippen molar-refractivity contribution in [3.8, 4) is 0 Å². The molecule has 0 saturated carbocycles. The molecule has 2 aromatic heterocycles. The van der Waals surface area contributed by atoms with Gasteiger partial charge in [-0.15, -0.1) is 11.3 Å². The Hall–Kier alpha value is -0.770. The first-order valence-electron chi connectivity index (χ1n) is 6.24. The third kappa shape index (κ3) is 3.87. The second-order valence-electron chi connectivity index (χ2n) is 4.86. The van der Waals surface area contributed by atoms with Crippen LogP contribution in [0.3, 0.4) is 0 Å². The van der Waals surface area contributed by atoms with Gasteiger partial charge in [0.1, 0.15) is 0 Å². The van der Waals surface area contributed by atoms with Crippen molar-refractivity contribution in [2.75, 3.05) is 6.54 Å². The third-order valence-electron chi connectivity index (χ3n) is 2.74. The molecule has 0 radical (unpaired) electrons. The van der Waals surface area contributed by atoms with Gasteiger partial charge >= 0.3 is 0 Å². The van der Waals surface area contributed by atoms with Crippen LogP contribution >= 0.6 is 22.9 Å². The van der Waals surface area contributed by atoms with Gasteiger partial charge in [0.15, 0.2) is 0 Å². The number of hydrogen-bond acceptors (Lipinski definition) is 2. The fourth-order valence-electron chi connectivity index (χ4n) is 1.86. The fourth-order valence-corrected chi connectivity index (χ4v) is 2.94. The van der Waals surface area contributed by atoms with Gasteiger partial charge in [0.25, 0.3) is 0 Å². The van der Waals surface area contributed by atoms with Crippen LogP contribution in [0.5, 0.6) is 0 Å². The number of nitrogens with one attached hydrogen (secondary N) is 1. The van der Waals surface area contributed by atoms with Gasteiger partial charge in [0, 0.05) is 23.3 Å². The maximum absolute atomic E-state index is 5.96. The van der Waals surface area contributed by atoms with Gasteiger partial charge in [-0.1, -0.05) is 25.4 Å². The summed E-state index contributed by atoms with van der Waals surface area (Å²) in [6.45, 7) is 7.32. The summed E-state index contributed by atoms with van der Waals surface area (Å²) in [5, 5.41) is 3.48. The highest BCUT2D eigenvalue weighted by atomic mass is 35.5. The highest BCUT2D eigenvalue weighted by Gasteiger charge is 2.04. The zero-order chi connectivity index (χ0) is 13.0. The van der Waals surface area contributed by atoms with E-state index in [1.54, 1.807) is 11.3 Å². The van der Waals surface area contributed by atoms with Crippen molar-refractivity contribution in [1.29, 1.82) is 0 Å². The Bertz CT molecular complexity index is 487. The maximum Gasteiger partial charge on any atom is 0.0931 e. The van der Waals surface area contributed by atoms with E-state index in [4.69, 9.17) is 11.6 Å². The second-order valence-corrected chi connectivity index (χ2v) is 6.66. The molecule has 2 nitrogen and oxygen atoms in total. The number of aromatic nitrogens is 1. The lowest BCUT2D eigenvalue weighted by atomic mass is 10.2. The largest absolute Gasteiger partial charge is 0.345 e. The van der Waals surface area contributed by atoms with Crippen LogP contribution in [0.2, 0.25) is 4.34 Å². The number of thiophene rings is 1. The number of halogens is 1. The van der Waals surface area contributed by atoms with Crippen molar-refractivity contribution >= 4 is 22.9 Å². The van der Waals surface area contributed by atoms with Crippen molar-refractivity contribution in [1.82, 2.24) is 9.88 Å². The molecule has 2 aromatic rings. The summed E-state index contributed by atoms with van der Waals surface area (Å²) < 4.78 is 3.13. The summed E-state index contributed by atoms with van der Waals surface area (Å²) >= 11 is 7.60. The molecular weight excluding hydrogens is 264 g/mol. The number of nitrogens with zero attached hydrogens (tertiary/aromatic N) is 1. The summed E-state index contributed by atoms with van der Waals surface area (Å²) in [5.41, 5.74) is 1.32. The molecule has 0 bridgehead atoms. The first-order valence-corrected chi connectivity index (χ1v) is 7.43. The normalized spacial score (nSPS) is 11.3. The van der Waals surface area contributed by atoms with Crippen LogP contribution in [0.25, 0.3) is 0 Å². The minimum Gasteiger partial charge on any atom is -0.345 e. The van der Waals surface area contributed by atoms with E-state index in [1.165, 1.54) is 10.6 Å². The molecule has 0 saturated heterocycles. The molecule has 0 aliphatic rings. The van der Waals surface area contributed by atoms with E-state index < -0.39 is 0 Å². The predicted molar refractivity (Wildman–Crippen MR) is 79.4 cm³/mol. The zero-order valence-corrected chi connectivity index (χ0v) is 12.4. The van der Waals surface area contributed by atoms with Crippen LogP contribution in [0.15, 0.2) is 30.5 Å². The van der Waals surface area contributed by atoms with Crippen molar-refractivity contribution < 1.29 is 0 Å². The molecule has 0 aliphatic heterocycles. The Labute approximate surface area is 118 Å². The fraction of sp³-hybridized carbons (Fsp3) is 0.429. The summed E-state index contributed by atoms with van der Waals surface area (Å²) in [6.07, 6.45) is 2.13. The van der Waals surface area contributed by atoms with E-state index in [-0.39, 0.29) is 0 Å². The van der Waals surface area contributed by atoms with Gasteiger partial charge in [0.2, 0.25) is 0 Å². The molecule has 0 spiro atoms. The number of hydrogen-bond donors (Lipinski definition) is 1. The van der Waals surface area contributed by atoms with Crippen LogP contribution < -0.4 is 5.32 Å². The Morgan fingerprint density at radius 1 is 1.33 bits per heavy atom. The van der Waals surface area contributed by atoms with Gasteiger partial charge in [0.05, 0.1) is 10.9 Å². The molecule has 4 heteroatoms. The second kappa shape index (κ2) is 6.41. The van der Waals surface area contributed by atoms with E-state index in [2.05, 4.69) is 48.1 Å². The molecule has 2 rings (SSSR count). The molecule has 1 N–H and O–H groups in total. The lowest BCUT2D eigenvalue weighted by molar-refractivity contribution is 0.539. The predicted octanol–water partition coefficient (Wildman–Crippen LogP) is 4.00. The first kappa shape index (κ1) is 13.7. The molecular formula is C14H19ClN2S. The van der Waals surface area contributed by atoms with Crippen LogP contribution in [0.1, 0.15) is 24.4 Å². The summed E-state index contributed by atoms with van der Waals surface area (Å²) in [4.78, 5) is 1.29. The summed E-state index contributed by atoms with van der Waals surface area (Å²) in [7, 11) is 0. The smallest absolute Gasteiger partial charge is 0.0931 e. The highest BCUT2D eigenvalue weighted by molar-refractivity contribution is 7.16.